The van der Waals surface area contributed by atoms with Gasteiger partial charge in [0, 0.05) is 0 Å². The predicted octanol–water partition coefficient (Wildman–Crippen LogP) is 1.41. The molecule has 1 rings (SSSR count). The van der Waals surface area contributed by atoms with Crippen LogP contribution in [0.25, 0.3) is 0 Å². The van der Waals surface area contributed by atoms with Crippen molar-refractivity contribution in [3.05, 3.63) is 29.8 Å². The number of nitrogens with two attached hydrogens (primary N) is 1. The van der Waals surface area contributed by atoms with Crippen molar-refractivity contribution in [1.29, 1.82) is 0 Å². The van der Waals surface area contributed by atoms with Crippen LogP contribution in [-0.4, -0.2) is 16.3 Å². The Labute approximate surface area is 84.2 Å². The molecule has 0 spiro atoms. The number of aliphatic hydroxyl groups excluding tert-OH is 1. The number of phenols is 1. The minimum Gasteiger partial charge on any atom is -0.508 e. The van der Waals surface area contributed by atoms with Crippen LogP contribution >= 0.6 is 0 Å². The van der Waals surface area contributed by atoms with Gasteiger partial charge in [-0.2, -0.15) is 0 Å². The van der Waals surface area contributed by atoms with Gasteiger partial charge in [0.25, 0.3) is 0 Å². The average Bonchev–Trinajstić information content (AvgIpc) is 2.15. The van der Waals surface area contributed by atoms with E-state index in [0.717, 1.165) is 5.56 Å². The second-order valence-corrected chi connectivity index (χ2v) is 3.86. The lowest BCUT2D eigenvalue weighted by atomic mass is 9.94. The summed E-state index contributed by atoms with van der Waals surface area (Å²) in [6, 6.07) is 6.24. The van der Waals surface area contributed by atoms with E-state index in [0.29, 0.717) is 0 Å². The lowest BCUT2D eigenvalue weighted by Gasteiger charge is -2.22. The van der Waals surface area contributed by atoms with Crippen molar-refractivity contribution in [3.8, 4) is 5.75 Å². The molecule has 0 bridgehead atoms. The quantitative estimate of drug-likeness (QED) is 0.683. The second-order valence-electron chi connectivity index (χ2n) is 3.86. The Bertz CT molecular complexity index is 299. The molecule has 0 amide bonds. The molecule has 0 fully saturated rings. The first-order valence-electron chi connectivity index (χ1n) is 4.75. The van der Waals surface area contributed by atoms with Crippen molar-refractivity contribution >= 4 is 0 Å². The molecule has 78 valence electrons. The summed E-state index contributed by atoms with van der Waals surface area (Å²) < 4.78 is 0. The van der Waals surface area contributed by atoms with Crippen LogP contribution in [-0.2, 0) is 0 Å². The van der Waals surface area contributed by atoms with E-state index in [4.69, 9.17) is 5.73 Å². The summed E-state index contributed by atoms with van der Waals surface area (Å²) in [5.41, 5.74) is 6.60. The fourth-order valence-electron chi connectivity index (χ4n) is 1.34. The molecule has 1 aromatic carbocycles. The van der Waals surface area contributed by atoms with E-state index in [2.05, 4.69) is 0 Å². The van der Waals surface area contributed by atoms with Crippen LogP contribution in [0.2, 0.25) is 0 Å². The highest BCUT2D eigenvalue weighted by Gasteiger charge is 2.19. The summed E-state index contributed by atoms with van der Waals surface area (Å²) in [6.07, 6.45) is -0.586. The molecule has 0 aliphatic heterocycles. The summed E-state index contributed by atoms with van der Waals surface area (Å²) in [4.78, 5) is 0. The fraction of sp³-hybridized carbons (Fsp3) is 0.455. The molecule has 0 aromatic heterocycles. The van der Waals surface area contributed by atoms with Crippen LogP contribution in [0.1, 0.15) is 25.5 Å². The third kappa shape index (κ3) is 2.47. The molecule has 0 heterocycles. The molecule has 2 atom stereocenters. The topological polar surface area (TPSA) is 66.5 Å². The molecule has 0 saturated carbocycles. The maximum atomic E-state index is 9.73. The van der Waals surface area contributed by atoms with Gasteiger partial charge < -0.3 is 15.9 Å². The van der Waals surface area contributed by atoms with Crippen molar-refractivity contribution in [3.63, 3.8) is 0 Å². The van der Waals surface area contributed by atoms with Gasteiger partial charge >= 0.3 is 0 Å². The number of phenolic OH excluding ortho intramolecular Hbond substituents is 1. The first-order chi connectivity index (χ1) is 6.52. The summed E-state index contributed by atoms with van der Waals surface area (Å²) >= 11 is 0. The van der Waals surface area contributed by atoms with Gasteiger partial charge in [-0.05, 0) is 23.6 Å². The molecule has 3 nitrogen and oxygen atoms in total. The number of hydrogen-bond acceptors (Lipinski definition) is 3. The highest BCUT2D eigenvalue weighted by Crippen LogP contribution is 2.22. The summed E-state index contributed by atoms with van der Waals surface area (Å²) in [6.45, 7) is 3.82. The molecule has 3 heteroatoms. The maximum absolute atomic E-state index is 9.73. The molecule has 14 heavy (non-hydrogen) atoms. The van der Waals surface area contributed by atoms with Gasteiger partial charge in [0.2, 0.25) is 0 Å². The van der Waals surface area contributed by atoms with E-state index < -0.39 is 12.1 Å². The zero-order valence-electron chi connectivity index (χ0n) is 8.51. The number of benzene rings is 1. The number of aliphatic hydroxyl groups is 1. The third-order valence-electron chi connectivity index (χ3n) is 2.31. The van der Waals surface area contributed by atoms with Crippen LogP contribution in [0.15, 0.2) is 24.3 Å². The van der Waals surface area contributed by atoms with Gasteiger partial charge in [0.05, 0.1) is 12.1 Å². The maximum Gasteiger partial charge on any atom is 0.115 e. The van der Waals surface area contributed by atoms with Crippen LogP contribution < -0.4 is 5.73 Å². The summed E-state index contributed by atoms with van der Waals surface area (Å²) in [5, 5.41) is 19.0. The molecular formula is C11H17NO2. The molecule has 0 unspecified atom stereocenters. The van der Waals surface area contributed by atoms with Gasteiger partial charge in [-0.1, -0.05) is 26.0 Å². The Balaban J connectivity index is 2.83. The highest BCUT2D eigenvalue weighted by molar-refractivity contribution is 5.29. The van der Waals surface area contributed by atoms with Crippen molar-refractivity contribution in [2.24, 2.45) is 11.7 Å². The minimum atomic E-state index is -0.586. The molecule has 0 radical (unpaired) electrons. The number of rotatable bonds is 3. The molecule has 1 aromatic rings. The monoisotopic (exact) mass is 195 g/mol. The predicted molar refractivity (Wildman–Crippen MR) is 55.9 cm³/mol. The van der Waals surface area contributed by atoms with Crippen LogP contribution in [0, 0.1) is 5.92 Å². The fourth-order valence-corrected chi connectivity index (χ4v) is 1.34. The van der Waals surface area contributed by atoms with Crippen LogP contribution in [0.4, 0.5) is 0 Å². The zero-order valence-corrected chi connectivity index (χ0v) is 8.51. The first kappa shape index (κ1) is 11.0. The van der Waals surface area contributed by atoms with Crippen molar-refractivity contribution in [2.45, 2.75) is 26.0 Å². The van der Waals surface area contributed by atoms with E-state index >= 15 is 0 Å². The Morgan fingerprint density at radius 2 is 1.93 bits per heavy atom. The SMILES string of the molecule is CC(C)[C@H](O)[C@H](N)c1cccc(O)c1. The third-order valence-corrected chi connectivity index (χ3v) is 2.31. The Morgan fingerprint density at radius 3 is 2.43 bits per heavy atom. The highest BCUT2D eigenvalue weighted by atomic mass is 16.3. The van der Waals surface area contributed by atoms with Crippen molar-refractivity contribution in [1.82, 2.24) is 0 Å². The lowest BCUT2D eigenvalue weighted by molar-refractivity contribution is 0.0979. The normalized spacial score (nSPS) is 15.5. The van der Waals surface area contributed by atoms with Gasteiger partial charge in [-0.3, -0.25) is 0 Å². The van der Waals surface area contributed by atoms with E-state index in [1.54, 1.807) is 24.3 Å². The van der Waals surface area contributed by atoms with Crippen molar-refractivity contribution in [2.75, 3.05) is 0 Å². The van der Waals surface area contributed by atoms with E-state index in [-0.39, 0.29) is 11.7 Å². The second kappa shape index (κ2) is 4.44. The van der Waals surface area contributed by atoms with Crippen LogP contribution in [0.3, 0.4) is 0 Å². The van der Waals surface area contributed by atoms with Gasteiger partial charge in [-0.15, -0.1) is 0 Å². The Hall–Kier alpha value is -1.06. The largest absolute Gasteiger partial charge is 0.508 e. The lowest BCUT2D eigenvalue weighted by Crippen LogP contribution is -2.30. The van der Waals surface area contributed by atoms with Crippen molar-refractivity contribution < 1.29 is 10.2 Å². The molecular weight excluding hydrogens is 178 g/mol. The van der Waals surface area contributed by atoms with Crippen LogP contribution in [0.5, 0.6) is 5.75 Å². The Kier molecular flexibility index (Phi) is 3.49. The summed E-state index contributed by atoms with van der Waals surface area (Å²) in [5.74, 6) is 0.279. The van der Waals surface area contributed by atoms with Gasteiger partial charge in [0.15, 0.2) is 0 Å². The number of hydrogen-bond donors (Lipinski definition) is 3. The zero-order chi connectivity index (χ0) is 10.7. The molecule has 0 aliphatic carbocycles. The average molecular weight is 195 g/mol. The number of aromatic hydroxyl groups is 1. The molecule has 4 N–H and O–H groups in total. The standard InChI is InChI=1S/C11H17NO2/c1-7(2)11(14)10(12)8-4-3-5-9(13)6-8/h3-7,10-11,13-14H,12H2,1-2H3/t10-,11+/m1/s1. The minimum absolute atomic E-state index is 0.104. The Morgan fingerprint density at radius 1 is 1.29 bits per heavy atom. The van der Waals surface area contributed by atoms with E-state index in [1.165, 1.54) is 0 Å². The molecule has 0 saturated heterocycles. The first-order valence-corrected chi connectivity index (χ1v) is 4.75. The summed E-state index contributed by atoms with van der Waals surface area (Å²) in [7, 11) is 0. The van der Waals surface area contributed by atoms with Gasteiger partial charge in [-0.25, -0.2) is 0 Å². The van der Waals surface area contributed by atoms with E-state index in [9.17, 15) is 10.2 Å². The molecule has 0 aliphatic rings. The smallest absolute Gasteiger partial charge is 0.115 e. The van der Waals surface area contributed by atoms with Gasteiger partial charge in [0.1, 0.15) is 5.75 Å². The van der Waals surface area contributed by atoms with E-state index in [1.807, 2.05) is 13.8 Å².